The highest BCUT2D eigenvalue weighted by atomic mass is 16.5. The number of benzene rings is 1. The maximum Gasteiger partial charge on any atom is 0.166 e. The number of aryl methyl sites for hydroxylation is 1. The van der Waals surface area contributed by atoms with Crippen LogP contribution in [0.25, 0.3) is 0 Å². The lowest BCUT2D eigenvalue weighted by atomic mass is 9.68. The molecule has 0 saturated heterocycles. The van der Waals surface area contributed by atoms with E-state index in [1.807, 2.05) is 6.08 Å². The SMILES string of the molecule is COc1cc(C)c2c3c1O[C@H]1C[C@@H](O)C=CC31CCN(C)C2. The predicted octanol–water partition coefficient (Wildman–Crippen LogP) is 2.16. The molecule has 118 valence electrons. The number of ether oxygens (including phenoxy) is 2. The Morgan fingerprint density at radius 1 is 1.45 bits per heavy atom. The summed E-state index contributed by atoms with van der Waals surface area (Å²) in [7, 11) is 3.87. The second-order valence-corrected chi connectivity index (χ2v) is 6.88. The fraction of sp³-hybridized carbons (Fsp3) is 0.556. The third kappa shape index (κ3) is 1.77. The number of aliphatic hydroxyl groups is 1. The van der Waals surface area contributed by atoms with Crippen molar-refractivity contribution < 1.29 is 14.6 Å². The van der Waals surface area contributed by atoms with Crippen LogP contribution in [0.5, 0.6) is 11.5 Å². The van der Waals surface area contributed by atoms with Gasteiger partial charge in [-0.1, -0.05) is 12.2 Å². The van der Waals surface area contributed by atoms with E-state index in [0.29, 0.717) is 6.42 Å². The zero-order valence-electron chi connectivity index (χ0n) is 13.4. The Morgan fingerprint density at radius 3 is 3.05 bits per heavy atom. The maximum absolute atomic E-state index is 10.0. The molecule has 2 heterocycles. The summed E-state index contributed by atoms with van der Waals surface area (Å²) in [5.41, 5.74) is 3.79. The first-order valence-corrected chi connectivity index (χ1v) is 7.99. The average Bonchev–Trinajstić information content (AvgIpc) is 2.74. The molecule has 0 aromatic heterocycles. The molecule has 3 aliphatic rings. The van der Waals surface area contributed by atoms with Crippen molar-refractivity contribution in [2.75, 3.05) is 20.7 Å². The highest BCUT2D eigenvalue weighted by Crippen LogP contribution is 2.56. The van der Waals surface area contributed by atoms with E-state index >= 15 is 0 Å². The second-order valence-electron chi connectivity index (χ2n) is 6.88. The summed E-state index contributed by atoms with van der Waals surface area (Å²) in [5, 5.41) is 10.0. The Labute approximate surface area is 131 Å². The van der Waals surface area contributed by atoms with Crippen LogP contribution in [0.2, 0.25) is 0 Å². The van der Waals surface area contributed by atoms with Gasteiger partial charge >= 0.3 is 0 Å². The minimum absolute atomic E-state index is 0.00319. The molecule has 1 aromatic rings. The Balaban J connectivity index is 2.00. The fourth-order valence-electron chi connectivity index (χ4n) is 4.30. The van der Waals surface area contributed by atoms with Gasteiger partial charge in [-0.15, -0.1) is 0 Å². The van der Waals surface area contributed by atoms with Crippen LogP contribution in [-0.2, 0) is 12.0 Å². The predicted molar refractivity (Wildman–Crippen MR) is 84.5 cm³/mol. The highest BCUT2D eigenvalue weighted by Gasteiger charge is 2.52. The standard InChI is InChI=1S/C18H23NO3/c1-11-8-14(21-3)17-16-13(11)10-19(2)7-6-18(16)5-4-12(20)9-15(18)22-17/h4-5,8,12,15,20H,6-7,9-10H2,1-3H3/t12-,15-,18?/m0/s1. The minimum Gasteiger partial charge on any atom is -0.493 e. The summed E-state index contributed by atoms with van der Waals surface area (Å²) < 4.78 is 11.9. The van der Waals surface area contributed by atoms with Crippen LogP contribution < -0.4 is 9.47 Å². The summed E-state index contributed by atoms with van der Waals surface area (Å²) in [6.07, 6.45) is 5.39. The number of methoxy groups -OCH3 is 1. The van der Waals surface area contributed by atoms with Crippen LogP contribution in [0.1, 0.15) is 29.5 Å². The van der Waals surface area contributed by atoms with Crippen LogP contribution in [0.4, 0.5) is 0 Å². The molecular weight excluding hydrogens is 278 g/mol. The van der Waals surface area contributed by atoms with Crippen molar-refractivity contribution >= 4 is 0 Å². The summed E-state index contributed by atoms with van der Waals surface area (Å²) >= 11 is 0. The van der Waals surface area contributed by atoms with Gasteiger partial charge in [-0.05, 0) is 44.1 Å². The smallest absolute Gasteiger partial charge is 0.166 e. The molecule has 0 saturated carbocycles. The number of hydrogen-bond acceptors (Lipinski definition) is 4. The molecule has 1 aromatic carbocycles. The fourth-order valence-corrected chi connectivity index (χ4v) is 4.30. The summed E-state index contributed by atoms with van der Waals surface area (Å²) in [6.45, 7) is 4.11. The maximum atomic E-state index is 10.0. The van der Waals surface area contributed by atoms with Crippen molar-refractivity contribution in [1.82, 2.24) is 4.90 Å². The van der Waals surface area contributed by atoms with E-state index in [1.54, 1.807) is 7.11 Å². The van der Waals surface area contributed by atoms with Crippen molar-refractivity contribution in [1.29, 1.82) is 0 Å². The van der Waals surface area contributed by atoms with E-state index < -0.39 is 6.10 Å². The van der Waals surface area contributed by atoms with Crippen LogP contribution in [0, 0.1) is 6.92 Å². The molecule has 4 rings (SSSR count). The van der Waals surface area contributed by atoms with Crippen LogP contribution in [0.3, 0.4) is 0 Å². The molecule has 1 spiro atoms. The van der Waals surface area contributed by atoms with Gasteiger partial charge < -0.3 is 19.5 Å². The van der Waals surface area contributed by atoms with Gasteiger partial charge in [0.2, 0.25) is 0 Å². The molecule has 1 N–H and O–H groups in total. The van der Waals surface area contributed by atoms with Crippen molar-refractivity contribution in [3.05, 3.63) is 34.9 Å². The molecule has 4 nitrogen and oxygen atoms in total. The summed E-state index contributed by atoms with van der Waals surface area (Å²) in [4.78, 5) is 2.37. The highest BCUT2D eigenvalue weighted by molar-refractivity contribution is 5.63. The number of aliphatic hydroxyl groups excluding tert-OH is 1. The molecule has 4 heteroatoms. The van der Waals surface area contributed by atoms with Crippen molar-refractivity contribution in [2.24, 2.45) is 0 Å². The zero-order chi connectivity index (χ0) is 15.5. The monoisotopic (exact) mass is 301 g/mol. The lowest BCUT2D eigenvalue weighted by Gasteiger charge is -2.35. The largest absolute Gasteiger partial charge is 0.493 e. The number of hydrogen-bond donors (Lipinski definition) is 1. The summed E-state index contributed by atoms with van der Waals surface area (Å²) in [5.74, 6) is 1.71. The molecule has 0 bridgehead atoms. The topological polar surface area (TPSA) is 41.9 Å². The molecule has 0 amide bonds. The van der Waals surface area contributed by atoms with E-state index in [-0.39, 0.29) is 11.5 Å². The van der Waals surface area contributed by atoms with Gasteiger partial charge in [0.1, 0.15) is 6.10 Å². The molecule has 1 unspecified atom stereocenters. The van der Waals surface area contributed by atoms with Gasteiger partial charge in [0, 0.05) is 18.5 Å². The van der Waals surface area contributed by atoms with Crippen LogP contribution in [0.15, 0.2) is 18.2 Å². The van der Waals surface area contributed by atoms with Crippen LogP contribution in [-0.4, -0.2) is 42.9 Å². The first-order valence-electron chi connectivity index (χ1n) is 7.99. The van der Waals surface area contributed by atoms with Crippen molar-refractivity contribution in [3.8, 4) is 11.5 Å². The Hall–Kier alpha value is -1.52. The van der Waals surface area contributed by atoms with Gasteiger partial charge in [0.05, 0.1) is 18.6 Å². The van der Waals surface area contributed by atoms with E-state index in [0.717, 1.165) is 31.0 Å². The second kappa shape index (κ2) is 4.74. The van der Waals surface area contributed by atoms with Gasteiger partial charge in [-0.25, -0.2) is 0 Å². The van der Waals surface area contributed by atoms with E-state index in [4.69, 9.17) is 9.47 Å². The van der Waals surface area contributed by atoms with Gasteiger partial charge in [0.15, 0.2) is 11.5 Å². The molecule has 3 atom stereocenters. The Kier molecular flexibility index (Phi) is 3.03. The molecular formula is C18H23NO3. The summed E-state index contributed by atoms with van der Waals surface area (Å²) in [6, 6.07) is 2.08. The normalized spacial score (nSPS) is 32.9. The first-order chi connectivity index (χ1) is 10.5. The zero-order valence-corrected chi connectivity index (χ0v) is 13.4. The van der Waals surface area contributed by atoms with E-state index in [1.165, 1.54) is 16.7 Å². The first kappa shape index (κ1) is 14.1. The third-order valence-electron chi connectivity index (χ3n) is 5.50. The lowest BCUT2D eigenvalue weighted by Crippen LogP contribution is -2.42. The number of rotatable bonds is 1. The molecule has 22 heavy (non-hydrogen) atoms. The van der Waals surface area contributed by atoms with Gasteiger partial charge in [-0.3, -0.25) is 0 Å². The van der Waals surface area contributed by atoms with E-state index in [9.17, 15) is 5.11 Å². The molecule has 0 radical (unpaired) electrons. The Morgan fingerprint density at radius 2 is 2.27 bits per heavy atom. The van der Waals surface area contributed by atoms with Crippen LogP contribution >= 0.6 is 0 Å². The number of nitrogens with zero attached hydrogens (tertiary/aromatic N) is 1. The minimum atomic E-state index is -0.415. The quantitative estimate of drug-likeness (QED) is 0.807. The average molecular weight is 301 g/mol. The van der Waals surface area contributed by atoms with E-state index in [2.05, 4.69) is 31.0 Å². The third-order valence-corrected chi connectivity index (χ3v) is 5.50. The van der Waals surface area contributed by atoms with Gasteiger partial charge in [-0.2, -0.15) is 0 Å². The molecule has 2 aliphatic heterocycles. The Bertz CT molecular complexity index is 654. The lowest BCUT2D eigenvalue weighted by molar-refractivity contribution is 0.0821. The molecule has 0 fully saturated rings. The van der Waals surface area contributed by atoms with Crippen molar-refractivity contribution in [3.63, 3.8) is 0 Å². The van der Waals surface area contributed by atoms with Gasteiger partial charge in [0.25, 0.3) is 0 Å². The van der Waals surface area contributed by atoms with Crippen molar-refractivity contribution in [2.45, 2.75) is 43.9 Å². The molecule has 1 aliphatic carbocycles.